The maximum absolute atomic E-state index is 9.34. The van der Waals surface area contributed by atoms with Gasteiger partial charge >= 0.3 is 0 Å². The van der Waals surface area contributed by atoms with E-state index in [2.05, 4.69) is 16.4 Å². The van der Waals surface area contributed by atoms with Gasteiger partial charge < -0.3 is 15.8 Å². The van der Waals surface area contributed by atoms with Gasteiger partial charge in [-0.05, 0) is 61.9 Å². The third-order valence-corrected chi connectivity index (χ3v) is 4.11. The lowest BCUT2D eigenvalue weighted by atomic mass is 9.98. The van der Waals surface area contributed by atoms with E-state index in [-0.39, 0.29) is 0 Å². The molecule has 132 valence electrons. The molecule has 3 N–H and O–H groups in total. The summed E-state index contributed by atoms with van der Waals surface area (Å²) < 4.78 is 5.65. The van der Waals surface area contributed by atoms with Gasteiger partial charge in [-0.25, -0.2) is 0 Å². The van der Waals surface area contributed by atoms with Crippen LogP contribution in [-0.4, -0.2) is 24.5 Å². The zero-order valence-corrected chi connectivity index (χ0v) is 14.9. The average Bonchev–Trinajstić information content (AvgIpc) is 2.65. The number of nitriles is 1. The minimum atomic E-state index is -1.01. The van der Waals surface area contributed by atoms with Gasteiger partial charge in [0.05, 0.1) is 6.61 Å². The zero-order chi connectivity index (χ0) is 18.0. The second-order valence-corrected chi connectivity index (χ2v) is 6.20. The first kappa shape index (κ1) is 18.9. The normalized spacial score (nSPS) is 19.3. The van der Waals surface area contributed by atoms with Gasteiger partial charge in [0.2, 0.25) is 5.54 Å². The molecule has 0 bridgehead atoms. The Hall–Kier alpha value is -2.45. The topological polar surface area (TPSA) is 83.4 Å². The van der Waals surface area contributed by atoms with E-state index in [4.69, 9.17) is 22.1 Å². The Kier molecular flexibility index (Phi) is 7.36. The van der Waals surface area contributed by atoms with Crippen molar-refractivity contribution in [1.82, 2.24) is 5.32 Å². The van der Waals surface area contributed by atoms with Crippen LogP contribution in [-0.2, 0) is 0 Å². The molecule has 2 rings (SSSR count). The van der Waals surface area contributed by atoms with Crippen LogP contribution >= 0.6 is 11.6 Å². The fraction of sp³-hybridized carbons (Fsp3) is 0.368. The monoisotopic (exact) mass is 358 g/mol. The lowest BCUT2D eigenvalue weighted by Gasteiger charge is -2.24. The number of amidine groups is 1. The minimum absolute atomic E-state index is 0.307. The molecule has 1 atom stereocenters. The highest BCUT2D eigenvalue weighted by atomic mass is 35.5. The summed E-state index contributed by atoms with van der Waals surface area (Å²) in [6.45, 7) is 1.30. The zero-order valence-electron chi connectivity index (χ0n) is 14.1. The third kappa shape index (κ3) is 5.84. The van der Waals surface area contributed by atoms with E-state index in [1.807, 2.05) is 30.3 Å². The first-order chi connectivity index (χ1) is 12.2. The second-order valence-electron chi connectivity index (χ2n) is 5.77. The van der Waals surface area contributed by atoms with Gasteiger partial charge in [-0.2, -0.15) is 5.26 Å². The van der Waals surface area contributed by atoms with Crippen LogP contribution in [0.4, 0.5) is 0 Å². The van der Waals surface area contributed by atoms with Crippen LogP contribution in [0.3, 0.4) is 0 Å². The van der Waals surface area contributed by atoms with Crippen molar-refractivity contribution < 1.29 is 4.74 Å². The molecule has 0 radical (unpaired) electrons. The summed E-state index contributed by atoms with van der Waals surface area (Å²) in [6.07, 6.45) is 11.1. The third-order valence-electron chi connectivity index (χ3n) is 3.86. The van der Waals surface area contributed by atoms with Crippen molar-refractivity contribution in [2.24, 2.45) is 10.7 Å². The van der Waals surface area contributed by atoms with E-state index in [0.717, 1.165) is 31.4 Å². The predicted octanol–water partition coefficient (Wildman–Crippen LogP) is 3.57. The number of unbranched alkanes of at least 4 members (excludes halogenated alkanes) is 3. The molecule has 1 aliphatic rings. The fourth-order valence-electron chi connectivity index (χ4n) is 2.38. The summed E-state index contributed by atoms with van der Waals surface area (Å²) in [6, 6.07) is 9.55. The van der Waals surface area contributed by atoms with Crippen molar-refractivity contribution >= 4 is 17.4 Å². The van der Waals surface area contributed by atoms with Crippen LogP contribution in [0, 0.1) is 11.3 Å². The van der Waals surface area contributed by atoms with Gasteiger partial charge in [-0.3, -0.25) is 4.99 Å². The van der Waals surface area contributed by atoms with Crippen molar-refractivity contribution in [1.29, 1.82) is 5.26 Å². The number of nitrogens with zero attached hydrogens (tertiary/aromatic N) is 2. The van der Waals surface area contributed by atoms with Crippen LogP contribution in [0.1, 0.15) is 25.7 Å². The lowest BCUT2D eigenvalue weighted by Crippen LogP contribution is -2.51. The van der Waals surface area contributed by atoms with E-state index < -0.39 is 5.54 Å². The van der Waals surface area contributed by atoms with Gasteiger partial charge in [-0.1, -0.05) is 24.1 Å². The van der Waals surface area contributed by atoms with E-state index in [9.17, 15) is 5.26 Å². The van der Waals surface area contributed by atoms with Gasteiger partial charge in [0.25, 0.3) is 0 Å². The molecule has 6 heteroatoms. The Balaban J connectivity index is 1.60. The number of allylic oxidation sites excluding steroid dienone is 2. The molecule has 1 unspecified atom stereocenters. The van der Waals surface area contributed by atoms with Crippen LogP contribution in [0.2, 0.25) is 5.02 Å². The number of ether oxygens (including phenoxy) is 1. The van der Waals surface area contributed by atoms with Crippen molar-refractivity contribution in [3.05, 3.63) is 53.7 Å². The van der Waals surface area contributed by atoms with Crippen molar-refractivity contribution in [3.8, 4) is 11.8 Å². The second kappa shape index (κ2) is 9.75. The minimum Gasteiger partial charge on any atom is -0.494 e. The summed E-state index contributed by atoms with van der Waals surface area (Å²) >= 11 is 5.83. The van der Waals surface area contributed by atoms with Crippen LogP contribution < -0.4 is 15.8 Å². The van der Waals surface area contributed by atoms with Crippen LogP contribution in [0.25, 0.3) is 0 Å². The summed E-state index contributed by atoms with van der Waals surface area (Å²) in [7, 11) is 0. The lowest BCUT2D eigenvalue weighted by molar-refractivity contribution is 0.305. The Bertz CT molecular complexity index is 676. The average molecular weight is 359 g/mol. The van der Waals surface area contributed by atoms with Gasteiger partial charge in [0.1, 0.15) is 17.7 Å². The number of hydrogen-bond acceptors (Lipinski definition) is 4. The summed E-state index contributed by atoms with van der Waals surface area (Å²) in [4.78, 5) is 4.35. The molecule has 1 aromatic rings. The van der Waals surface area contributed by atoms with E-state index in [0.29, 0.717) is 24.0 Å². The van der Waals surface area contributed by atoms with Gasteiger partial charge in [0, 0.05) is 11.6 Å². The van der Waals surface area contributed by atoms with Crippen molar-refractivity contribution in [2.75, 3.05) is 13.2 Å². The maximum atomic E-state index is 9.34. The van der Waals surface area contributed by atoms with Gasteiger partial charge in [-0.15, -0.1) is 0 Å². The Morgan fingerprint density at radius 2 is 1.96 bits per heavy atom. The molecule has 25 heavy (non-hydrogen) atoms. The molecule has 1 heterocycles. The summed E-state index contributed by atoms with van der Waals surface area (Å²) in [5, 5.41) is 13.0. The first-order valence-electron chi connectivity index (χ1n) is 8.38. The van der Waals surface area contributed by atoms with Crippen molar-refractivity contribution in [3.63, 3.8) is 0 Å². The fourth-order valence-corrected chi connectivity index (χ4v) is 2.51. The molecule has 5 nitrogen and oxygen atoms in total. The number of nitrogens with two attached hydrogens (primary N) is 1. The maximum Gasteiger partial charge on any atom is 0.201 e. The van der Waals surface area contributed by atoms with E-state index >= 15 is 0 Å². The highest BCUT2D eigenvalue weighted by Gasteiger charge is 2.31. The number of halogens is 1. The molecule has 1 aliphatic heterocycles. The molecule has 0 fully saturated rings. The molecule has 0 aliphatic carbocycles. The molecule has 0 saturated carbocycles. The molecule has 1 aromatic carbocycles. The SMILES string of the molecule is N#CC1(C(N)=NCCCCCCOc2ccc(Cl)cc2)C=CC=CN1. The molecule has 0 amide bonds. The van der Waals surface area contributed by atoms with Crippen LogP contribution in [0.15, 0.2) is 53.7 Å². The first-order valence-corrected chi connectivity index (χ1v) is 8.76. The Labute approximate surface area is 153 Å². The number of nitrogens with one attached hydrogen (secondary N) is 1. The van der Waals surface area contributed by atoms with Crippen molar-refractivity contribution in [2.45, 2.75) is 31.2 Å². The van der Waals surface area contributed by atoms with E-state index in [1.165, 1.54) is 0 Å². The van der Waals surface area contributed by atoms with Gasteiger partial charge in [0.15, 0.2) is 0 Å². The Morgan fingerprint density at radius 1 is 1.20 bits per heavy atom. The largest absolute Gasteiger partial charge is 0.494 e. The van der Waals surface area contributed by atoms with Crippen LogP contribution in [0.5, 0.6) is 5.75 Å². The smallest absolute Gasteiger partial charge is 0.201 e. The predicted molar refractivity (Wildman–Crippen MR) is 102 cm³/mol. The molecular weight excluding hydrogens is 336 g/mol. The highest BCUT2D eigenvalue weighted by molar-refractivity contribution is 6.30. The van der Waals surface area contributed by atoms with E-state index in [1.54, 1.807) is 18.4 Å². The number of aliphatic imine (C=N–C) groups is 1. The number of rotatable bonds is 9. The highest BCUT2D eigenvalue weighted by Crippen LogP contribution is 2.16. The molecular formula is C19H23ClN4O. The standard InChI is InChI=1S/C19H23ClN4O/c20-16-7-9-17(10-8-16)25-14-6-2-1-4-12-23-18(22)19(15-21)11-3-5-13-24-19/h3,5,7-11,13,24H,1-2,4,6,12,14H2,(H2,22,23). The molecule has 0 aromatic heterocycles. The number of hydrogen-bond donors (Lipinski definition) is 2. The number of dihydropyridines is 1. The quantitative estimate of drug-likeness (QED) is 0.401. The number of benzene rings is 1. The molecule has 0 spiro atoms. The molecule has 0 saturated heterocycles. The Morgan fingerprint density at radius 3 is 2.64 bits per heavy atom. The summed E-state index contributed by atoms with van der Waals surface area (Å²) in [5.41, 5.74) is 4.97. The summed E-state index contributed by atoms with van der Waals surface area (Å²) in [5.74, 6) is 1.15.